The third kappa shape index (κ3) is 7.52. The van der Waals surface area contributed by atoms with Crippen LogP contribution >= 0.6 is 0 Å². The maximum absolute atomic E-state index is 13.6. The van der Waals surface area contributed by atoms with Crippen LogP contribution in [0.4, 0.5) is 4.39 Å². The zero-order chi connectivity index (χ0) is 24.6. The quantitative estimate of drug-likeness (QED) is 0.500. The van der Waals surface area contributed by atoms with E-state index in [1.54, 1.807) is 12.1 Å². The zero-order valence-electron chi connectivity index (χ0n) is 21.1. The molecular weight excluding hydrogens is 443 g/mol. The second kappa shape index (κ2) is 12.5. The maximum atomic E-state index is 13.6. The van der Waals surface area contributed by atoms with Crippen LogP contribution in [0, 0.1) is 11.7 Å². The molecule has 2 aromatic carbocycles. The molecule has 0 aromatic heterocycles. The molecule has 2 saturated heterocycles. The number of halogens is 1. The minimum Gasteiger partial charge on any atom is -0.493 e. The van der Waals surface area contributed by atoms with Crippen LogP contribution < -0.4 is 4.74 Å². The lowest BCUT2D eigenvalue weighted by Crippen LogP contribution is -2.50. The van der Waals surface area contributed by atoms with Gasteiger partial charge in [-0.2, -0.15) is 0 Å². The molecule has 0 bridgehead atoms. The molecule has 2 aromatic rings. The molecule has 0 aliphatic carbocycles. The van der Waals surface area contributed by atoms with Crippen molar-refractivity contribution in [3.63, 3.8) is 0 Å². The Morgan fingerprint density at radius 3 is 2.26 bits per heavy atom. The van der Waals surface area contributed by atoms with E-state index in [1.807, 2.05) is 29.2 Å². The number of carbonyl (C=O) groups excluding carboxylic acids is 1. The summed E-state index contributed by atoms with van der Waals surface area (Å²) in [6.07, 6.45) is 4.48. The average Bonchev–Trinajstić information content (AvgIpc) is 2.88. The maximum Gasteiger partial charge on any atom is 0.227 e. The van der Waals surface area contributed by atoms with Crippen molar-refractivity contribution >= 4 is 5.91 Å². The zero-order valence-corrected chi connectivity index (χ0v) is 21.1. The molecular formula is C29H39FN2O3. The topological polar surface area (TPSA) is 42.0 Å². The second-order valence-corrected chi connectivity index (χ2v) is 10.3. The fraction of sp³-hybridized carbons (Fsp3) is 0.552. The second-order valence-electron chi connectivity index (χ2n) is 10.3. The monoisotopic (exact) mass is 482 g/mol. The highest BCUT2D eigenvalue weighted by atomic mass is 19.1. The predicted octanol–water partition coefficient (Wildman–Crippen LogP) is 5.08. The van der Waals surface area contributed by atoms with Gasteiger partial charge in [0.15, 0.2) is 0 Å². The van der Waals surface area contributed by atoms with Crippen molar-refractivity contribution in [2.75, 3.05) is 32.9 Å². The van der Waals surface area contributed by atoms with Gasteiger partial charge in [0.05, 0.1) is 13.0 Å². The molecule has 190 valence electrons. The molecule has 35 heavy (non-hydrogen) atoms. The van der Waals surface area contributed by atoms with E-state index in [0.29, 0.717) is 31.5 Å². The molecule has 0 radical (unpaired) electrons. The predicted molar refractivity (Wildman–Crippen MR) is 136 cm³/mol. The van der Waals surface area contributed by atoms with E-state index >= 15 is 0 Å². The van der Waals surface area contributed by atoms with Crippen LogP contribution in [0.1, 0.15) is 50.7 Å². The highest BCUT2D eigenvalue weighted by Gasteiger charge is 2.31. The van der Waals surface area contributed by atoms with Crippen LogP contribution in [0.2, 0.25) is 0 Å². The largest absolute Gasteiger partial charge is 0.493 e. The van der Waals surface area contributed by atoms with Gasteiger partial charge in [0, 0.05) is 44.9 Å². The number of benzene rings is 2. The van der Waals surface area contributed by atoms with E-state index in [-0.39, 0.29) is 17.8 Å². The summed E-state index contributed by atoms with van der Waals surface area (Å²) in [6.45, 7) is 9.14. The molecule has 6 heteroatoms. The average molecular weight is 483 g/mol. The Morgan fingerprint density at radius 1 is 1.00 bits per heavy atom. The van der Waals surface area contributed by atoms with Crippen molar-refractivity contribution in [3.8, 4) is 5.75 Å². The number of hydrogen-bond acceptors (Lipinski definition) is 4. The van der Waals surface area contributed by atoms with Crippen LogP contribution in [-0.4, -0.2) is 60.7 Å². The first kappa shape index (κ1) is 25.6. The van der Waals surface area contributed by atoms with E-state index in [1.165, 1.54) is 12.1 Å². The summed E-state index contributed by atoms with van der Waals surface area (Å²) in [5.74, 6) is 1.17. The lowest BCUT2D eigenvalue weighted by atomic mass is 9.97. The lowest BCUT2D eigenvalue weighted by Gasteiger charge is -2.42. The molecule has 1 amide bonds. The summed E-state index contributed by atoms with van der Waals surface area (Å²) in [4.78, 5) is 18.2. The molecule has 0 saturated carbocycles. The minimum absolute atomic E-state index is 0.120. The van der Waals surface area contributed by atoms with Crippen LogP contribution in [-0.2, 0) is 22.5 Å². The molecule has 0 spiro atoms. The first-order valence-corrected chi connectivity index (χ1v) is 13.1. The number of likely N-dealkylation sites (tertiary alicyclic amines) is 1. The number of ether oxygens (including phenoxy) is 2. The Morgan fingerprint density at radius 2 is 1.63 bits per heavy atom. The summed E-state index contributed by atoms with van der Waals surface area (Å²) in [7, 11) is 0. The Kier molecular flexibility index (Phi) is 9.16. The van der Waals surface area contributed by atoms with Crippen molar-refractivity contribution in [1.29, 1.82) is 0 Å². The number of carbonyl (C=O) groups is 1. The van der Waals surface area contributed by atoms with E-state index < -0.39 is 0 Å². The Labute approximate surface area is 209 Å². The van der Waals surface area contributed by atoms with Gasteiger partial charge in [0.25, 0.3) is 0 Å². The van der Waals surface area contributed by atoms with E-state index in [0.717, 1.165) is 68.9 Å². The van der Waals surface area contributed by atoms with Gasteiger partial charge in [0.2, 0.25) is 5.91 Å². The van der Waals surface area contributed by atoms with E-state index in [2.05, 4.69) is 18.7 Å². The smallest absolute Gasteiger partial charge is 0.227 e. The van der Waals surface area contributed by atoms with Gasteiger partial charge >= 0.3 is 0 Å². The summed E-state index contributed by atoms with van der Waals surface area (Å²) in [6, 6.07) is 15.2. The summed E-state index contributed by atoms with van der Waals surface area (Å²) >= 11 is 0. The molecule has 2 aliphatic rings. The van der Waals surface area contributed by atoms with Crippen molar-refractivity contribution in [2.24, 2.45) is 5.92 Å². The highest BCUT2D eigenvalue weighted by molar-refractivity contribution is 5.79. The minimum atomic E-state index is -0.254. The summed E-state index contributed by atoms with van der Waals surface area (Å²) in [5.41, 5.74) is 1.94. The van der Waals surface area contributed by atoms with Gasteiger partial charge < -0.3 is 19.3 Å². The number of hydrogen-bond donors (Lipinski definition) is 0. The van der Waals surface area contributed by atoms with Crippen molar-refractivity contribution in [2.45, 2.75) is 64.6 Å². The van der Waals surface area contributed by atoms with E-state index in [9.17, 15) is 9.18 Å². The van der Waals surface area contributed by atoms with Gasteiger partial charge in [-0.25, -0.2) is 4.39 Å². The van der Waals surface area contributed by atoms with Crippen LogP contribution in [0.15, 0.2) is 48.5 Å². The number of amides is 1. The number of piperidine rings is 1. The van der Waals surface area contributed by atoms with Gasteiger partial charge in [-0.1, -0.05) is 38.1 Å². The van der Waals surface area contributed by atoms with Gasteiger partial charge in [-0.3, -0.25) is 4.79 Å². The molecule has 4 rings (SSSR count). The van der Waals surface area contributed by atoms with Gasteiger partial charge in [-0.15, -0.1) is 0 Å². The van der Waals surface area contributed by atoms with Crippen LogP contribution in [0.5, 0.6) is 5.75 Å². The molecule has 2 aliphatic heterocycles. The molecule has 0 N–H and O–H groups in total. The van der Waals surface area contributed by atoms with Gasteiger partial charge in [-0.05, 0) is 67.0 Å². The number of rotatable bonds is 9. The molecule has 0 unspecified atom stereocenters. The first-order valence-electron chi connectivity index (χ1n) is 13.1. The first-order chi connectivity index (χ1) is 17.0. The molecule has 0 atom stereocenters. The van der Waals surface area contributed by atoms with Crippen molar-refractivity contribution < 1.29 is 18.7 Å². The van der Waals surface area contributed by atoms with Crippen molar-refractivity contribution in [3.05, 3.63) is 65.5 Å². The lowest BCUT2D eigenvalue weighted by molar-refractivity contribution is -0.134. The normalized spacial score (nSPS) is 18.1. The Bertz CT molecular complexity index is 918. The van der Waals surface area contributed by atoms with Gasteiger partial charge in [0.1, 0.15) is 11.6 Å². The fourth-order valence-corrected chi connectivity index (χ4v) is 5.06. The molecule has 5 nitrogen and oxygen atoms in total. The molecule has 2 heterocycles. The van der Waals surface area contributed by atoms with Crippen molar-refractivity contribution in [1.82, 2.24) is 9.80 Å². The standard InChI is InChI=1S/C29H39FN2O3/c1-22(2)21-35-28-9-5-23(6-10-28)19-29(33)32(20-24-3-7-25(30)8-4-24)27-11-15-31(16-12-27)26-13-17-34-18-14-26/h3-10,22,26-27H,11-21H2,1-2H3. The highest BCUT2D eigenvalue weighted by Crippen LogP contribution is 2.25. The Balaban J connectivity index is 1.41. The Hall–Kier alpha value is -2.44. The summed E-state index contributed by atoms with van der Waals surface area (Å²) in [5, 5.41) is 0. The third-order valence-electron chi connectivity index (χ3n) is 7.10. The fourth-order valence-electron chi connectivity index (χ4n) is 5.06. The van der Waals surface area contributed by atoms with E-state index in [4.69, 9.17) is 9.47 Å². The SMILES string of the molecule is CC(C)COc1ccc(CC(=O)N(Cc2ccc(F)cc2)C2CCN(C3CCOCC3)CC2)cc1. The number of nitrogens with zero attached hydrogens (tertiary/aromatic N) is 2. The van der Waals surface area contributed by atoms with Crippen LogP contribution in [0.3, 0.4) is 0 Å². The molecule has 2 fully saturated rings. The van der Waals surface area contributed by atoms with Crippen LogP contribution in [0.25, 0.3) is 0 Å². The third-order valence-corrected chi connectivity index (χ3v) is 7.10. The summed E-state index contributed by atoms with van der Waals surface area (Å²) < 4.78 is 24.8.